The molecule has 0 radical (unpaired) electrons. The molecular formula is C10H20N2O4S. The number of hydrogen-bond acceptors (Lipinski definition) is 4. The van der Waals surface area contributed by atoms with Crippen LogP contribution in [-0.2, 0) is 14.8 Å². The number of piperidine rings is 1. The minimum Gasteiger partial charge on any atom is -0.396 e. The summed E-state index contributed by atoms with van der Waals surface area (Å²) in [5.74, 6) is -0.0724. The van der Waals surface area contributed by atoms with Gasteiger partial charge in [0.15, 0.2) is 0 Å². The number of carbonyl (C=O) groups is 1. The van der Waals surface area contributed by atoms with E-state index in [1.165, 1.54) is 10.6 Å². The van der Waals surface area contributed by atoms with Crippen molar-refractivity contribution in [2.45, 2.75) is 31.7 Å². The van der Waals surface area contributed by atoms with Crippen molar-refractivity contribution >= 4 is 15.9 Å². The molecule has 1 rings (SSSR count). The largest absolute Gasteiger partial charge is 0.396 e. The second kappa shape index (κ2) is 6.32. The van der Waals surface area contributed by atoms with E-state index in [9.17, 15) is 13.2 Å². The maximum atomic E-state index is 11.4. The zero-order valence-corrected chi connectivity index (χ0v) is 10.9. The first-order chi connectivity index (χ1) is 7.93. The second-order valence-corrected chi connectivity index (χ2v) is 6.31. The summed E-state index contributed by atoms with van der Waals surface area (Å²) in [5.41, 5.74) is 0. The molecule has 0 bridgehead atoms. The fourth-order valence-electron chi connectivity index (χ4n) is 1.87. The molecule has 17 heavy (non-hydrogen) atoms. The van der Waals surface area contributed by atoms with Gasteiger partial charge < -0.3 is 10.4 Å². The highest BCUT2D eigenvalue weighted by atomic mass is 32.2. The average Bonchev–Trinajstić information content (AvgIpc) is 2.26. The van der Waals surface area contributed by atoms with Crippen molar-refractivity contribution in [3.63, 3.8) is 0 Å². The van der Waals surface area contributed by atoms with E-state index < -0.39 is 10.0 Å². The Balaban J connectivity index is 2.30. The summed E-state index contributed by atoms with van der Waals surface area (Å²) in [7, 11) is -3.10. The molecule has 0 aromatic rings. The van der Waals surface area contributed by atoms with Crippen LogP contribution >= 0.6 is 0 Å². The van der Waals surface area contributed by atoms with Crippen molar-refractivity contribution in [2.24, 2.45) is 0 Å². The number of aliphatic hydroxyl groups excluding tert-OH is 1. The predicted molar refractivity (Wildman–Crippen MR) is 63.9 cm³/mol. The lowest BCUT2D eigenvalue weighted by molar-refractivity contribution is -0.122. The van der Waals surface area contributed by atoms with Crippen LogP contribution in [0.25, 0.3) is 0 Å². The normalized spacial score (nSPS) is 19.2. The number of hydrogen-bond donors (Lipinski definition) is 2. The maximum Gasteiger partial charge on any atom is 0.220 e. The van der Waals surface area contributed by atoms with Crippen molar-refractivity contribution in [1.29, 1.82) is 0 Å². The van der Waals surface area contributed by atoms with E-state index in [4.69, 9.17) is 5.11 Å². The van der Waals surface area contributed by atoms with Crippen molar-refractivity contribution < 1.29 is 18.3 Å². The molecule has 0 aliphatic carbocycles. The number of sulfonamides is 1. The van der Waals surface area contributed by atoms with Crippen LogP contribution in [-0.4, -0.2) is 55.7 Å². The highest BCUT2D eigenvalue weighted by molar-refractivity contribution is 7.88. The summed E-state index contributed by atoms with van der Waals surface area (Å²) in [4.78, 5) is 11.4. The molecule has 2 N–H and O–H groups in total. The standard InChI is InChI=1S/C10H20N2O4S/c1-17(15,16)12-6-4-9(5-7-12)11-10(14)3-2-8-13/h9,13H,2-8H2,1H3,(H,11,14). The molecule has 0 aromatic heterocycles. The van der Waals surface area contributed by atoms with E-state index in [0.717, 1.165) is 0 Å². The zero-order valence-electron chi connectivity index (χ0n) is 10.1. The molecule has 0 unspecified atom stereocenters. The Morgan fingerprint density at radius 1 is 1.41 bits per heavy atom. The molecule has 6 nitrogen and oxygen atoms in total. The molecule has 0 aromatic carbocycles. The first kappa shape index (κ1) is 14.4. The molecule has 0 atom stereocenters. The first-order valence-electron chi connectivity index (χ1n) is 5.79. The van der Waals surface area contributed by atoms with Crippen molar-refractivity contribution in [3.8, 4) is 0 Å². The molecule has 0 saturated carbocycles. The Kier molecular flexibility index (Phi) is 5.35. The van der Waals surface area contributed by atoms with Crippen molar-refractivity contribution in [2.75, 3.05) is 26.0 Å². The van der Waals surface area contributed by atoms with Gasteiger partial charge in [0, 0.05) is 32.2 Å². The quantitative estimate of drug-likeness (QED) is 0.687. The van der Waals surface area contributed by atoms with E-state index in [-0.39, 0.29) is 18.6 Å². The molecule has 1 aliphatic heterocycles. The number of nitrogens with zero attached hydrogens (tertiary/aromatic N) is 1. The van der Waals surface area contributed by atoms with Crippen LogP contribution < -0.4 is 5.32 Å². The van der Waals surface area contributed by atoms with Gasteiger partial charge in [-0.25, -0.2) is 12.7 Å². The SMILES string of the molecule is CS(=O)(=O)N1CCC(NC(=O)CCCO)CC1. The van der Waals surface area contributed by atoms with E-state index in [0.29, 0.717) is 38.8 Å². The van der Waals surface area contributed by atoms with Gasteiger partial charge in [0.1, 0.15) is 0 Å². The molecule has 0 spiro atoms. The van der Waals surface area contributed by atoms with Crippen LogP contribution in [0, 0.1) is 0 Å². The predicted octanol–water partition coefficient (Wildman–Crippen LogP) is -0.701. The lowest BCUT2D eigenvalue weighted by Gasteiger charge is -2.30. The van der Waals surface area contributed by atoms with Gasteiger partial charge >= 0.3 is 0 Å². The Bertz CT molecular complexity index is 347. The molecule has 100 valence electrons. The van der Waals surface area contributed by atoms with Gasteiger partial charge in [-0.1, -0.05) is 0 Å². The Labute approximate surface area is 102 Å². The zero-order chi connectivity index (χ0) is 12.9. The van der Waals surface area contributed by atoms with Crippen LogP contribution in [0.2, 0.25) is 0 Å². The number of carbonyl (C=O) groups excluding carboxylic acids is 1. The monoisotopic (exact) mass is 264 g/mol. The minimum absolute atomic E-state index is 0.0138. The van der Waals surface area contributed by atoms with Gasteiger partial charge in [0.05, 0.1) is 6.26 Å². The highest BCUT2D eigenvalue weighted by Gasteiger charge is 2.25. The summed E-state index contributed by atoms with van der Waals surface area (Å²) in [6.07, 6.45) is 3.29. The highest BCUT2D eigenvalue weighted by Crippen LogP contribution is 2.13. The molecule has 1 fully saturated rings. The topological polar surface area (TPSA) is 86.7 Å². The maximum absolute atomic E-state index is 11.4. The van der Waals surface area contributed by atoms with E-state index in [1.54, 1.807) is 0 Å². The van der Waals surface area contributed by atoms with Crippen molar-refractivity contribution in [3.05, 3.63) is 0 Å². The summed E-state index contributed by atoms with van der Waals surface area (Å²) in [6.45, 7) is 0.938. The number of nitrogens with one attached hydrogen (secondary N) is 1. The summed E-state index contributed by atoms with van der Waals surface area (Å²) >= 11 is 0. The average molecular weight is 264 g/mol. The lowest BCUT2D eigenvalue weighted by Crippen LogP contribution is -2.46. The van der Waals surface area contributed by atoms with Gasteiger partial charge in [0.25, 0.3) is 0 Å². The molecule has 7 heteroatoms. The van der Waals surface area contributed by atoms with Crippen LogP contribution in [0.1, 0.15) is 25.7 Å². The van der Waals surface area contributed by atoms with Gasteiger partial charge in [-0.2, -0.15) is 0 Å². The van der Waals surface area contributed by atoms with Gasteiger partial charge in [0.2, 0.25) is 15.9 Å². The third kappa shape index (κ3) is 5.01. The van der Waals surface area contributed by atoms with Crippen LogP contribution in [0.5, 0.6) is 0 Å². The van der Waals surface area contributed by atoms with E-state index in [2.05, 4.69) is 5.32 Å². The molecule has 1 heterocycles. The van der Waals surface area contributed by atoms with E-state index in [1.807, 2.05) is 0 Å². The Morgan fingerprint density at radius 2 is 2.00 bits per heavy atom. The van der Waals surface area contributed by atoms with Crippen LogP contribution in [0.4, 0.5) is 0 Å². The van der Waals surface area contributed by atoms with Gasteiger partial charge in [-0.05, 0) is 19.3 Å². The van der Waals surface area contributed by atoms with Crippen LogP contribution in [0.15, 0.2) is 0 Å². The first-order valence-corrected chi connectivity index (χ1v) is 7.63. The Hall–Kier alpha value is -0.660. The number of amides is 1. The fourth-order valence-corrected chi connectivity index (χ4v) is 2.75. The lowest BCUT2D eigenvalue weighted by atomic mass is 10.1. The van der Waals surface area contributed by atoms with Crippen LogP contribution in [0.3, 0.4) is 0 Å². The van der Waals surface area contributed by atoms with E-state index >= 15 is 0 Å². The molecule has 1 amide bonds. The van der Waals surface area contributed by atoms with Gasteiger partial charge in [-0.15, -0.1) is 0 Å². The van der Waals surface area contributed by atoms with Gasteiger partial charge in [-0.3, -0.25) is 4.79 Å². The second-order valence-electron chi connectivity index (χ2n) is 4.33. The third-order valence-corrected chi connectivity index (χ3v) is 4.15. The number of aliphatic hydroxyl groups is 1. The molecular weight excluding hydrogens is 244 g/mol. The summed E-state index contributed by atoms with van der Waals surface area (Å²) < 4.78 is 24.0. The summed E-state index contributed by atoms with van der Waals surface area (Å²) in [5, 5.41) is 11.4. The minimum atomic E-state index is -3.10. The summed E-state index contributed by atoms with van der Waals surface area (Å²) in [6, 6.07) is 0.0548. The fraction of sp³-hybridized carbons (Fsp3) is 0.900. The number of rotatable bonds is 5. The third-order valence-electron chi connectivity index (χ3n) is 2.85. The Morgan fingerprint density at radius 3 is 2.47 bits per heavy atom. The molecule has 1 aliphatic rings. The van der Waals surface area contributed by atoms with Crippen molar-refractivity contribution in [1.82, 2.24) is 9.62 Å². The molecule has 1 saturated heterocycles. The smallest absolute Gasteiger partial charge is 0.220 e.